The zero-order valence-corrected chi connectivity index (χ0v) is 19.9. The van der Waals surface area contributed by atoms with Crippen LogP contribution in [0.4, 0.5) is 26.3 Å². The van der Waals surface area contributed by atoms with Crippen LogP contribution in [0.5, 0.6) is 0 Å². The summed E-state index contributed by atoms with van der Waals surface area (Å²) in [7, 11) is 0. The van der Waals surface area contributed by atoms with E-state index in [-0.39, 0.29) is 6.10 Å². The molecule has 9 nitrogen and oxygen atoms in total. The molecule has 4 rings (SSSR count). The highest BCUT2D eigenvalue weighted by molar-refractivity contribution is 5.78. The molecule has 2 N–H and O–H groups in total. The maximum atomic E-state index is 10.6. The number of carboxylic acid groups (broad SMARTS) is 2. The molecule has 0 aliphatic carbocycles. The van der Waals surface area contributed by atoms with E-state index in [1.807, 2.05) is 25.3 Å². The quantitative estimate of drug-likeness (QED) is 0.466. The Balaban J connectivity index is 0.000000301. The van der Waals surface area contributed by atoms with Crippen molar-refractivity contribution in [1.29, 1.82) is 0 Å². The smallest absolute Gasteiger partial charge is 0.475 e. The molecule has 15 heteroatoms. The summed E-state index contributed by atoms with van der Waals surface area (Å²) in [6.07, 6.45) is -8.13. The van der Waals surface area contributed by atoms with E-state index < -0.39 is 24.3 Å². The number of para-hydroxylation sites is 1. The van der Waals surface area contributed by atoms with Crippen molar-refractivity contribution in [3.8, 4) is 0 Å². The highest BCUT2D eigenvalue weighted by atomic mass is 19.4. The van der Waals surface area contributed by atoms with E-state index >= 15 is 0 Å². The summed E-state index contributed by atoms with van der Waals surface area (Å²) >= 11 is 0. The first-order chi connectivity index (χ1) is 17.7. The third kappa shape index (κ3) is 9.63. The minimum atomic E-state index is -5.08. The molecule has 38 heavy (non-hydrogen) atoms. The molecular formula is C23H24F6N4O5. The molecule has 1 aromatic carbocycles. The highest BCUT2D eigenvalue weighted by Crippen LogP contribution is 2.18. The van der Waals surface area contributed by atoms with Gasteiger partial charge in [-0.1, -0.05) is 24.3 Å². The number of alkyl halides is 6. The van der Waals surface area contributed by atoms with Gasteiger partial charge < -0.3 is 14.9 Å². The van der Waals surface area contributed by atoms with Gasteiger partial charge in [0.15, 0.2) is 0 Å². The molecule has 0 spiro atoms. The Bertz CT molecular complexity index is 1190. The van der Waals surface area contributed by atoms with Crippen LogP contribution in [0.1, 0.15) is 18.3 Å². The van der Waals surface area contributed by atoms with E-state index in [2.05, 4.69) is 45.0 Å². The van der Waals surface area contributed by atoms with E-state index in [1.165, 1.54) is 11.1 Å². The zero-order chi connectivity index (χ0) is 28.5. The number of pyridine rings is 1. The molecular weight excluding hydrogens is 526 g/mol. The Morgan fingerprint density at radius 2 is 1.58 bits per heavy atom. The van der Waals surface area contributed by atoms with Crippen molar-refractivity contribution in [2.24, 2.45) is 0 Å². The normalized spacial score (nSPS) is 15.8. The van der Waals surface area contributed by atoms with Crippen LogP contribution in [-0.2, 0) is 34.0 Å². The van der Waals surface area contributed by atoms with Crippen LogP contribution < -0.4 is 0 Å². The number of benzene rings is 1. The topological polar surface area (TPSA) is 118 Å². The van der Waals surface area contributed by atoms with Gasteiger partial charge in [-0.05, 0) is 25.1 Å². The Kier molecular flexibility index (Phi) is 10.6. The summed E-state index contributed by atoms with van der Waals surface area (Å²) in [5, 5.41) is 19.9. The lowest BCUT2D eigenvalue weighted by Crippen LogP contribution is -2.33. The van der Waals surface area contributed by atoms with E-state index in [0.717, 1.165) is 44.0 Å². The number of carboxylic acids is 2. The van der Waals surface area contributed by atoms with Crippen molar-refractivity contribution < 1.29 is 50.9 Å². The van der Waals surface area contributed by atoms with Gasteiger partial charge in [0.25, 0.3) is 0 Å². The van der Waals surface area contributed by atoms with Crippen molar-refractivity contribution in [1.82, 2.24) is 19.7 Å². The molecule has 3 heterocycles. The molecule has 208 valence electrons. The maximum absolute atomic E-state index is 10.6. The van der Waals surface area contributed by atoms with Gasteiger partial charge in [-0.3, -0.25) is 14.6 Å². The molecule has 1 atom stereocenters. The maximum Gasteiger partial charge on any atom is 0.490 e. The molecule has 1 unspecified atom stereocenters. The van der Waals surface area contributed by atoms with Crippen LogP contribution in [0.15, 0.2) is 48.7 Å². The minimum absolute atomic E-state index is 0.164. The molecule has 2 aromatic heterocycles. The van der Waals surface area contributed by atoms with Crippen LogP contribution in [0.2, 0.25) is 0 Å². The van der Waals surface area contributed by atoms with Crippen LogP contribution in [0.3, 0.4) is 0 Å². The second kappa shape index (κ2) is 13.2. The van der Waals surface area contributed by atoms with Crippen LogP contribution >= 0.6 is 0 Å². The SMILES string of the molecule is CCOC1CN(Cc2ccc3ccccc3n2)Cc2ccnn2C1.O=C(O)C(F)(F)F.O=C(O)C(F)(F)F. The number of hydrogen-bond donors (Lipinski definition) is 2. The summed E-state index contributed by atoms with van der Waals surface area (Å²) in [6, 6.07) is 14.6. The second-order valence-corrected chi connectivity index (χ2v) is 7.85. The van der Waals surface area contributed by atoms with Gasteiger partial charge >= 0.3 is 24.3 Å². The standard InChI is InChI=1S/C19H22N4O.2C2HF3O2/c1-2-24-18-13-22(12-17-9-10-20-23(17)14-18)11-16-8-7-15-5-3-4-6-19(15)21-16;2*3-2(4,5)1(6)7/h3-10,18H,2,11-14H2,1H3;2*(H,6,7). The van der Waals surface area contributed by atoms with Crippen LogP contribution in [-0.4, -0.2) is 73.4 Å². The second-order valence-electron chi connectivity index (χ2n) is 7.85. The number of rotatable bonds is 4. The van der Waals surface area contributed by atoms with Gasteiger partial charge in [0, 0.05) is 37.8 Å². The van der Waals surface area contributed by atoms with Crippen molar-refractivity contribution in [2.75, 3.05) is 13.2 Å². The van der Waals surface area contributed by atoms with Gasteiger partial charge in [-0.25, -0.2) is 9.59 Å². The predicted molar refractivity (Wildman–Crippen MR) is 121 cm³/mol. The average molecular weight is 550 g/mol. The fraction of sp³-hybridized carbons (Fsp3) is 0.391. The summed E-state index contributed by atoms with van der Waals surface area (Å²) in [6.45, 7) is 6.18. The lowest BCUT2D eigenvalue weighted by molar-refractivity contribution is -0.193. The first-order valence-corrected chi connectivity index (χ1v) is 11.0. The number of hydrogen-bond acceptors (Lipinski definition) is 6. The number of aromatic nitrogens is 3. The van der Waals surface area contributed by atoms with Crippen molar-refractivity contribution in [3.05, 3.63) is 60.0 Å². The minimum Gasteiger partial charge on any atom is -0.475 e. The predicted octanol–water partition coefficient (Wildman–Crippen LogP) is 4.12. The molecule has 0 bridgehead atoms. The van der Waals surface area contributed by atoms with E-state index in [9.17, 15) is 26.3 Å². The van der Waals surface area contributed by atoms with Gasteiger partial charge in [0.2, 0.25) is 0 Å². The summed E-state index contributed by atoms with van der Waals surface area (Å²) in [5.41, 5.74) is 3.38. The molecule has 0 fully saturated rings. The fourth-order valence-electron chi connectivity index (χ4n) is 3.38. The molecule has 1 aliphatic rings. The van der Waals surface area contributed by atoms with Gasteiger partial charge in [0.1, 0.15) is 0 Å². The number of carbonyl (C=O) groups is 2. The van der Waals surface area contributed by atoms with Crippen LogP contribution in [0.25, 0.3) is 10.9 Å². The summed E-state index contributed by atoms with van der Waals surface area (Å²) in [4.78, 5) is 25.0. The van der Waals surface area contributed by atoms with Gasteiger partial charge in [-0.15, -0.1) is 0 Å². The molecule has 0 radical (unpaired) electrons. The van der Waals surface area contributed by atoms with Crippen molar-refractivity contribution in [2.45, 2.75) is 45.0 Å². The third-order valence-corrected chi connectivity index (χ3v) is 4.96. The Hall–Kier alpha value is -3.72. The lowest BCUT2D eigenvalue weighted by atomic mass is 10.2. The Labute approximate surface area is 212 Å². The number of halogens is 6. The van der Waals surface area contributed by atoms with Crippen molar-refractivity contribution in [3.63, 3.8) is 0 Å². The molecule has 1 aliphatic heterocycles. The fourth-order valence-corrected chi connectivity index (χ4v) is 3.38. The third-order valence-electron chi connectivity index (χ3n) is 4.96. The molecule has 3 aromatic rings. The molecule has 0 amide bonds. The number of fused-ring (bicyclic) bond motifs is 2. The molecule has 0 saturated heterocycles. The van der Waals surface area contributed by atoms with Crippen molar-refractivity contribution >= 4 is 22.8 Å². The number of aliphatic carboxylic acids is 2. The van der Waals surface area contributed by atoms with E-state index in [1.54, 1.807) is 0 Å². The van der Waals surface area contributed by atoms with E-state index in [0.29, 0.717) is 0 Å². The molecule has 0 saturated carbocycles. The first kappa shape index (κ1) is 30.5. The largest absolute Gasteiger partial charge is 0.490 e. The van der Waals surface area contributed by atoms with E-state index in [4.69, 9.17) is 29.5 Å². The Morgan fingerprint density at radius 3 is 2.16 bits per heavy atom. The lowest BCUT2D eigenvalue weighted by Gasteiger charge is -2.23. The highest BCUT2D eigenvalue weighted by Gasteiger charge is 2.38. The first-order valence-electron chi connectivity index (χ1n) is 11.0. The number of nitrogens with zero attached hydrogens (tertiary/aromatic N) is 4. The summed E-state index contributed by atoms with van der Waals surface area (Å²) in [5.74, 6) is -5.51. The summed E-state index contributed by atoms with van der Waals surface area (Å²) < 4.78 is 71.4. The zero-order valence-electron chi connectivity index (χ0n) is 19.9. The average Bonchev–Trinajstić information content (AvgIpc) is 3.18. The number of ether oxygens (including phenoxy) is 1. The van der Waals surface area contributed by atoms with Gasteiger partial charge in [0.05, 0.1) is 29.6 Å². The monoisotopic (exact) mass is 550 g/mol. The Morgan fingerprint density at radius 1 is 0.974 bits per heavy atom. The van der Waals surface area contributed by atoms with Gasteiger partial charge in [-0.2, -0.15) is 31.4 Å². The van der Waals surface area contributed by atoms with Crippen LogP contribution in [0, 0.1) is 0 Å².